The number of hydrogen-bond acceptors (Lipinski definition) is 5. The maximum absolute atomic E-state index is 12.1. The lowest BCUT2D eigenvalue weighted by molar-refractivity contribution is -0.123. The van der Waals surface area contributed by atoms with Crippen molar-refractivity contribution in [3.05, 3.63) is 59.2 Å². The van der Waals surface area contributed by atoms with E-state index >= 15 is 0 Å². The van der Waals surface area contributed by atoms with Crippen LogP contribution in [0.4, 0.5) is 0 Å². The van der Waals surface area contributed by atoms with Crippen LogP contribution in [0.2, 0.25) is 0 Å². The second kappa shape index (κ2) is 9.03. The van der Waals surface area contributed by atoms with Gasteiger partial charge in [0.1, 0.15) is 6.29 Å². The third-order valence-corrected chi connectivity index (χ3v) is 4.01. The Balaban J connectivity index is 1.87. The SMILES string of the molecule is COc1cc(C=O)ccc1OCC(=O)NNC(=O)c1ccc(C(C)(C)C)cc1. The summed E-state index contributed by atoms with van der Waals surface area (Å²) >= 11 is 0. The van der Waals surface area contributed by atoms with Gasteiger partial charge in [0.25, 0.3) is 11.8 Å². The van der Waals surface area contributed by atoms with Crippen molar-refractivity contribution in [1.82, 2.24) is 10.9 Å². The number of carbonyl (C=O) groups excluding carboxylic acids is 3. The van der Waals surface area contributed by atoms with Crippen LogP contribution >= 0.6 is 0 Å². The lowest BCUT2D eigenvalue weighted by Gasteiger charge is -2.19. The molecule has 0 unspecified atom stereocenters. The van der Waals surface area contributed by atoms with E-state index in [0.29, 0.717) is 28.9 Å². The van der Waals surface area contributed by atoms with Crippen molar-refractivity contribution in [2.24, 2.45) is 0 Å². The minimum atomic E-state index is -0.541. The Bertz CT molecular complexity index is 854. The predicted octanol–water partition coefficient (Wildman–Crippen LogP) is 2.65. The highest BCUT2D eigenvalue weighted by molar-refractivity contribution is 5.95. The molecule has 0 saturated carbocycles. The van der Waals surface area contributed by atoms with Crippen LogP contribution in [0.15, 0.2) is 42.5 Å². The number of aldehydes is 1. The fraction of sp³-hybridized carbons (Fsp3) is 0.286. The zero-order valence-electron chi connectivity index (χ0n) is 16.4. The smallest absolute Gasteiger partial charge is 0.276 e. The predicted molar refractivity (Wildman–Crippen MR) is 105 cm³/mol. The number of amides is 2. The van der Waals surface area contributed by atoms with Gasteiger partial charge in [-0.1, -0.05) is 32.9 Å². The summed E-state index contributed by atoms with van der Waals surface area (Å²) in [4.78, 5) is 34.8. The van der Waals surface area contributed by atoms with Gasteiger partial charge in [-0.2, -0.15) is 0 Å². The van der Waals surface area contributed by atoms with Crippen LogP contribution in [-0.4, -0.2) is 31.8 Å². The number of hydrazine groups is 1. The molecule has 0 bridgehead atoms. The molecular formula is C21H24N2O5. The fourth-order valence-electron chi connectivity index (χ4n) is 2.38. The molecular weight excluding hydrogens is 360 g/mol. The van der Waals surface area contributed by atoms with Gasteiger partial charge in [-0.15, -0.1) is 0 Å². The average molecular weight is 384 g/mol. The normalized spacial score (nSPS) is 10.7. The van der Waals surface area contributed by atoms with E-state index in [1.807, 2.05) is 12.1 Å². The van der Waals surface area contributed by atoms with Crippen molar-refractivity contribution in [2.45, 2.75) is 26.2 Å². The Kier molecular flexibility index (Phi) is 6.76. The Morgan fingerprint density at radius 2 is 1.68 bits per heavy atom. The first-order valence-electron chi connectivity index (χ1n) is 8.70. The molecule has 0 saturated heterocycles. The molecule has 0 heterocycles. The second-order valence-electron chi connectivity index (χ2n) is 7.15. The van der Waals surface area contributed by atoms with Gasteiger partial charge in [0.05, 0.1) is 7.11 Å². The Morgan fingerprint density at radius 3 is 2.25 bits per heavy atom. The highest BCUT2D eigenvalue weighted by Crippen LogP contribution is 2.27. The van der Waals surface area contributed by atoms with Crippen molar-refractivity contribution in [3.8, 4) is 11.5 Å². The van der Waals surface area contributed by atoms with E-state index in [1.165, 1.54) is 19.2 Å². The molecule has 2 aromatic carbocycles. The van der Waals surface area contributed by atoms with Crippen LogP contribution in [0.5, 0.6) is 11.5 Å². The molecule has 28 heavy (non-hydrogen) atoms. The number of hydrogen-bond donors (Lipinski definition) is 2. The molecule has 0 aliphatic rings. The van der Waals surface area contributed by atoms with Crippen LogP contribution in [0.1, 0.15) is 47.1 Å². The summed E-state index contributed by atoms with van der Waals surface area (Å²) in [6.45, 7) is 5.93. The van der Waals surface area contributed by atoms with Gasteiger partial charge >= 0.3 is 0 Å². The van der Waals surface area contributed by atoms with Gasteiger partial charge < -0.3 is 9.47 Å². The minimum absolute atomic E-state index is 0.00839. The molecule has 0 aliphatic heterocycles. The lowest BCUT2D eigenvalue weighted by atomic mass is 9.87. The largest absolute Gasteiger partial charge is 0.493 e. The van der Waals surface area contributed by atoms with Gasteiger partial charge in [-0.25, -0.2) is 0 Å². The number of ether oxygens (including phenoxy) is 2. The zero-order chi connectivity index (χ0) is 20.7. The monoisotopic (exact) mass is 384 g/mol. The standard InChI is InChI=1S/C21H24N2O5/c1-21(2,3)16-8-6-15(7-9-16)20(26)23-22-19(25)13-28-17-10-5-14(12-24)11-18(17)27-4/h5-12H,13H2,1-4H3,(H,22,25)(H,23,26). The maximum Gasteiger partial charge on any atom is 0.276 e. The first-order valence-corrected chi connectivity index (χ1v) is 8.70. The molecule has 0 radical (unpaired) electrons. The highest BCUT2D eigenvalue weighted by Gasteiger charge is 2.15. The summed E-state index contributed by atoms with van der Waals surface area (Å²) in [6, 6.07) is 11.8. The molecule has 148 valence electrons. The third-order valence-electron chi connectivity index (χ3n) is 4.01. The quantitative estimate of drug-likeness (QED) is 0.590. The molecule has 0 fully saturated rings. The van der Waals surface area contributed by atoms with Crippen LogP contribution in [0.25, 0.3) is 0 Å². The number of rotatable bonds is 6. The topological polar surface area (TPSA) is 93.7 Å². The summed E-state index contributed by atoms with van der Waals surface area (Å²) in [5, 5.41) is 0. The van der Waals surface area contributed by atoms with Gasteiger partial charge in [-0.05, 0) is 41.3 Å². The number of nitrogens with one attached hydrogen (secondary N) is 2. The Morgan fingerprint density at radius 1 is 1.00 bits per heavy atom. The first-order chi connectivity index (χ1) is 13.2. The van der Waals surface area contributed by atoms with Crippen LogP contribution in [-0.2, 0) is 10.2 Å². The molecule has 0 aliphatic carbocycles. The van der Waals surface area contributed by atoms with Crippen molar-refractivity contribution < 1.29 is 23.9 Å². The van der Waals surface area contributed by atoms with Gasteiger partial charge in [0.15, 0.2) is 18.1 Å². The Labute approximate surface area is 164 Å². The molecule has 7 heteroatoms. The van der Waals surface area contributed by atoms with Gasteiger partial charge in [-0.3, -0.25) is 25.2 Å². The molecule has 0 spiro atoms. The number of benzene rings is 2. The van der Waals surface area contributed by atoms with Crippen LogP contribution < -0.4 is 20.3 Å². The number of methoxy groups -OCH3 is 1. The summed E-state index contributed by atoms with van der Waals surface area (Å²) in [5.74, 6) is -0.323. The summed E-state index contributed by atoms with van der Waals surface area (Å²) in [6.07, 6.45) is 0.683. The maximum atomic E-state index is 12.1. The van der Waals surface area contributed by atoms with Crippen LogP contribution in [0.3, 0.4) is 0 Å². The average Bonchev–Trinajstić information content (AvgIpc) is 2.69. The van der Waals surface area contributed by atoms with E-state index in [-0.39, 0.29) is 12.0 Å². The first kappa shape index (κ1) is 21.0. The van der Waals surface area contributed by atoms with Gasteiger partial charge in [0, 0.05) is 11.1 Å². The number of carbonyl (C=O) groups is 3. The Hall–Kier alpha value is -3.35. The van der Waals surface area contributed by atoms with Crippen molar-refractivity contribution >= 4 is 18.1 Å². The van der Waals surface area contributed by atoms with E-state index in [4.69, 9.17) is 9.47 Å². The molecule has 2 amide bonds. The second-order valence-corrected chi connectivity index (χ2v) is 7.15. The zero-order valence-corrected chi connectivity index (χ0v) is 16.4. The van der Waals surface area contributed by atoms with E-state index in [0.717, 1.165) is 5.56 Å². The molecule has 7 nitrogen and oxygen atoms in total. The van der Waals surface area contributed by atoms with Crippen molar-refractivity contribution in [2.75, 3.05) is 13.7 Å². The van der Waals surface area contributed by atoms with E-state index in [9.17, 15) is 14.4 Å². The van der Waals surface area contributed by atoms with Crippen LogP contribution in [0, 0.1) is 0 Å². The molecule has 2 rings (SSSR count). The summed E-state index contributed by atoms with van der Waals surface area (Å²) < 4.78 is 10.5. The highest BCUT2D eigenvalue weighted by atomic mass is 16.5. The third kappa shape index (κ3) is 5.57. The fourth-order valence-corrected chi connectivity index (χ4v) is 2.38. The summed E-state index contributed by atoms with van der Waals surface area (Å²) in [7, 11) is 1.43. The molecule has 2 aromatic rings. The lowest BCUT2D eigenvalue weighted by Crippen LogP contribution is -2.43. The molecule has 2 N–H and O–H groups in total. The van der Waals surface area contributed by atoms with Crippen molar-refractivity contribution in [3.63, 3.8) is 0 Å². The van der Waals surface area contributed by atoms with E-state index in [1.54, 1.807) is 18.2 Å². The summed E-state index contributed by atoms with van der Waals surface area (Å²) in [5.41, 5.74) is 6.60. The van der Waals surface area contributed by atoms with E-state index < -0.39 is 11.8 Å². The van der Waals surface area contributed by atoms with Crippen molar-refractivity contribution in [1.29, 1.82) is 0 Å². The van der Waals surface area contributed by atoms with E-state index in [2.05, 4.69) is 31.6 Å². The molecule has 0 atom stereocenters. The van der Waals surface area contributed by atoms with Gasteiger partial charge in [0.2, 0.25) is 0 Å². The minimum Gasteiger partial charge on any atom is -0.493 e. The molecule has 0 aromatic heterocycles.